The first-order chi connectivity index (χ1) is 30.5. The number of nitriles is 2. The van der Waals surface area contributed by atoms with Gasteiger partial charge in [-0.3, -0.25) is 0 Å². The molecule has 0 aliphatic carbocycles. The number of benzene rings is 9. The van der Waals surface area contributed by atoms with Gasteiger partial charge in [0.1, 0.15) is 22.3 Å². The summed E-state index contributed by atoms with van der Waals surface area (Å²) in [6.45, 7) is 14.9. The topological polar surface area (TPSA) is 89.1 Å². The Hall–Kier alpha value is -9.34. The highest BCUT2D eigenvalue weighted by molar-refractivity contribution is 6.18. The highest BCUT2D eigenvalue weighted by Gasteiger charge is 2.19. The molecule has 0 fully saturated rings. The Bertz CT molecular complexity index is 3410. The zero-order valence-electron chi connectivity index (χ0n) is 32.7. The molecule has 0 N–H and O–H groups in total. The van der Waals surface area contributed by atoms with Gasteiger partial charge in [-0.2, -0.15) is 10.5 Å². The van der Waals surface area contributed by atoms with Crippen LogP contribution >= 0.6 is 0 Å². The van der Waals surface area contributed by atoms with Gasteiger partial charge >= 0.3 is 0 Å². The van der Waals surface area contributed by atoms with Crippen LogP contribution in [0.4, 0.5) is 45.5 Å². The van der Waals surface area contributed by atoms with Crippen LogP contribution in [0.3, 0.4) is 0 Å². The third-order valence-electron chi connectivity index (χ3n) is 11.4. The van der Waals surface area contributed by atoms with Crippen molar-refractivity contribution in [3.63, 3.8) is 0 Å². The van der Waals surface area contributed by atoms with Gasteiger partial charge in [0, 0.05) is 55.7 Å². The van der Waals surface area contributed by atoms with Gasteiger partial charge in [0.2, 0.25) is 0 Å². The van der Waals surface area contributed by atoms with Gasteiger partial charge in [-0.15, -0.1) is 0 Å². The van der Waals surface area contributed by atoms with Gasteiger partial charge in [0.15, 0.2) is 11.4 Å². The van der Waals surface area contributed by atoms with E-state index < -0.39 is 0 Å². The zero-order valence-corrected chi connectivity index (χ0v) is 32.7. The molecule has 0 spiro atoms. The predicted molar refractivity (Wildman–Crippen MR) is 247 cm³/mol. The predicted octanol–water partition coefficient (Wildman–Crippen LogP) is 15.6. The van der Waals surface area contributed by atoms with E-state index in [-0.39, 0.29) is 0 Å². The molecular weight excluding hydrogens is 765 g/mol. The normalized spacial score (nSPS) is 11.2. The number of fused-ring (bicyclic) bond motifs is 8. The molecule has 0 amide bonds. The van der Waals surface area contributed by atoms with E-state index in [1.54, 1.807) is 24.3 Å². The summed E-state index contributed by atoms with van der Waals surface area (Å²) in [6, 6.07) is 59.6. The van der Waals surface area contributed by atoms with Gasteiger partial charge < -0.3 is 18.6 Å². The molecule has 11 rings (SSSR count). The minimum absolute atomic E-state index is 0.565. The van der Waals surface area contributed by atoms with E-state index in [9.17, 15) is 10.5 Å². The Labute approximate surface area is 354 Å². The van der Waals surface area contributed by atoms with Crippen molar-refractivity contribution >= 4 is 111 Å². The Morgan fingerprint density at radius 2 is 0.677 bits per heavy atom. The number of nitrogens with zero attached hydrogens (tertiary/aromatic N) is 6. The Balaban J connectivity index is 0.988. The average Bonchev–Trinajstić information content (AvgIpc) is 3.85. The first-order valence-electron chi connectivity index (χ1n) is 19.7. The lowest BCUT2D eigenvalue weighted by Crippen LogP contribution is -2.09. The van der Waals surface area contributed by atoms with Crippen LogP contribution in [0.15, 0.2) is 179 Å². The summed E-state index contributed by atoms with van der Waals surface area (Å²) in [5, 5.41) is 26.9. The molecule has 0 radical (unpaired) electrons. The quantitative estimate of drug-likeness (QED) is 0.156. The standard InChI is InChI=1S/C54H28N6O2/c1-57-39-9-19-43(20-10-39)60(44-21-11-40(58-2)12-22-44)46-18-8-36-26-48-50-30-53-49(29-54(50)62-52(48)28-38(36)24-46)47-25-35-7-17-45(23-37(35)27-51(47)61-53)59(41-13-3-33(31-55)4-14-41)42-15-5-34(32-56)6-16-42/h3-30H. The fourth-order valence-electron chi connectivity index (χ4n) is 8.40. The second kappa shape index (κ2) is 14.2. The van der Waals surface area contributed by atoms with Crippen molar-refractivity contribution in [1.82, 2.24) is 0 Å². The third-order valence-corrected chi connectivity index (χ3v) is 11.4. The first-order valence-corrected chi connectivity index (χ1v) is 19.7. The minimum atomic E-state index is 0.565. The van der Waals surface area contributed by atoms with E-state index in [1.807, 2.05) is 72.8 Å². The van der Waals surface area contributed by atoms with E-state index in [1.165, 1.54) is 0 Å². The Morgan fingerprint density at radius 3 is 1.03 bits per heavy atom. The molecule has 2 heterocycles. The van der Waals surface area contributed by atoms with Crippen molar-refractivity contribution < 1.29 is 8.83 Å². The number of rotatable bonds is 6. The molecule has 8 heteroatoms. The van der Waals surface area contributed by atoms with Crippen LogP contribution in [-0.2, 0) is 0 Å². The second-order valence-electron chi connectivity index (χ2n) is 15.1. The maximum absolute atomic E-state index is 9.43. The minimum Gasteiger partial charge on any atom is -0.456 e. The summed E-state index contributed by atoms with van der Waals surface area (Å²) in [6.07, 6.45) is 0. The molecule has 2 aromatic heterocycles. The molecule has 9 aromatic carbocycles. The molecule has 286 valence electrons. The molecular formula is C54H28N6O2. The van der Waals surface area contributed by atoms with E-state index in [0.717, 1.165) is 99.5 Å². The summed E-state index contributed by atoms with van der Waals surface area (Å²) < 4.78 is 13.2. The monoisotopic (exact) mass is 792 g/mol. The smallest absolute Gasteiger partial charge is 0.187 e. The van der Waals surface area contributed by atoms with E-state index in [2.05, 4.69) is 104 Å². The summed E-state index contributed by atoms with van der Waals surface area (Å²) in [5.74, 6) is 0. The van der Waals surface area contributed by atoms with Crippen molar-refractivity contribution in [3.8, 4) is 12.1 Å². The molecule has 0 aliphatic heterocycles. The number of anilines is 6. The molecule has 0 bridgehead atoms. The second-order valence-corrected chi connectivity index (χ2v) is 15.1. The van der Waals surface area contributed by atoms with Gasteiger partial charge in [-0.1, -0.05) is 36.4 Å². The lowest BCUT2D eigenvalue weighted by Gasteiger charge is -2.26. The molecule has 0 atom stereocenters. The lowest BCUT2D eigenvalue weighted by molar-refractivity contribution is 0.664. The molecule has 0 aliphatic rings. The highest BCUT2D eigenvalue weighted by atomic mass is 16.3. The molecule has 8 nitrogen and oxygen atoms in total. The summed E-state index contributed by atoms with van der Waals surface area (Å²) >= 11 is 0. The van der Waals surface area contributed by atoms with Crippen LogP contribution in [0.2, 0.25) is 0 Å². The fraction of sp³-hybridized carbons (Fsp3) is 0. The maximum atomic E-state index is 9.43. The Kier molecular flexibility index (Phi) is 8.19. The van der Waals surface area contributed by atoms with Crippen molar-refractivity contribution in [2.75, 3.05) is 9.80 Å². The van der Waals surface area contributed by atoms with E-state index in [0.29, 0.717) is 22.5 Å². The first kappa shape index (κ1) is 35.8. The summed E-state index contributed by atoms with van der Waals surface area (Å²) in [4.78, 5) is 11.4. The molecule has 0 unspecified atom stereocenters. The Morgan fingerprint density at radius 1 is 0.355 bits per heavy atom. The van der Waals surface area contributed by atoms with Crippen LogP contribution in [-0.4, -0.2) is 0 Å². The lowest BCUT2D eigenvalue weighted by atomic mass is 10.0. The SMILES string of the molecule is [C-]#[N+]c1ccc(N(c2ccc([N+]#[C-])cc2)c2ccc3cc4c(cc3c2)oc2cc3c(cc24)oc2cc4cc(N(c5ccc(C#N)cc5)c5ccc(C#N)cc5)ccc4cc23)cc1. The van der Waals surface area contributed by atoms with Gasteiger partial charge in [-0.25, -0.2) is 9.69 Å². The molecule has 0 saturated heterocycles. The van der Waals surface area contributed by atoms with Gasteiger partial charge in [0.25, 0.3) is 0 Å². The van der Waals surface area contributed by atoms with Crippen molar-refractivity contribution in [3.05, 3.63) is 204 Å². The van der Waals surface area contributed by atoms with Crippen LogP contribution in [0, 0.1) is 35.8 Å². The van der Waals surface area contributed by atoms with Crippen LogP contribution in [0.25, 0.3) is 75.1 Å². The summed E-state index contributed by atoms with van der Waals surface area (Å²) in [7, 11) is 0. The summed E-state index contributed by atoms with van der Waals surface area (Å²) in [5.41, 5.74) is 10.8. The maximum Gasteiger partial charge on any atom is 0.187 e. The van der Waals surface area contributed by atoms with E-state index in [4.69, 9.17) is 22.0 Å². The fourth-order valence-corrected chi connectivity index (χ4v) is 8.40. The largest absolute Gasteiger partial charge is 0.456 e. The zero-order chi connectivity index (χ0) is 41.9. The van der Waals surface area contributed by atoms with Crippen molar-refractivity contribution in [2.45, 2.75) is 0 Å². The van der Waals surface area contributed by atoms with Crippen LogP contribution in [0.5, 0.6) is 0 Å². The van der Waals surface area contributed by atoms with Crippen molar-refractivity contribution in [1.29, 1.82) is 10.5 Å². The molecule has 62 heavy (non-hydrogen) atoms. The number of hydrogen-bond acceptors (Lipinski definition) is 6. The van der Waals surface area contributed by atoms with Gasteiger partial charge in [0.05, 0.1) is 36.4 Å². The molecule has 11 aromatic rings. The number of furan rings is 2. The van der Waals surface area contributed by atoms with Crippen molar-refractivity contribution in [2.24, 2.45) is 0 Å². The van der Waals surface area contributed by atoms with Crippen LogP contribution < -0.4 is 9.80 Å². The average molecular weight is 793 g/mol. The van der Waals surface area contributed by atoms with E-state index >= 15 is 0 Å². The highest BCUT2D eigenvalue weighted by Crippen LogP contribution is 2.43. The molecule has 0 saturated carbocycles. The third kappa shape index (κ3) is 5.97. The number of hydrogen-bond donors (Lipinski definition) is 0. The van der Waals surface area contributed by atoms with Gasteiger partial charge in [-0.05, 0) is 155 Å². The van der Waals surface area contributed by atoms with Crippen LogP contribution in [0.1, 0.15) is 11.1 Å².